The van der Waals surface area contributed by atoms with E-state index >= 15 is 0 Å². The molecule has 1 aliphatic heterocycles. The number of nitrogens with one attached hydrogen (secondary N) is 1. The van der Waals surface area contributed by atoms with Crippen molar-refractivity contribution in [2.24, 2.45) is 17.8 Å². The van der Waals surface area contributed by atoms with E-state index < -0.39 is 0 Å². The summed E-state index contributed by atoms with van der Waals surface area (Å²) in [5.74, 6) is 2.12. The van der Waals surface area contributed by atoms with Crippen LogP contribution in [0, 0.1) is 17.8 Å². The highest BCUT2D eigenvalue weighted by Gasteiger charge is 2.35. The van der Waals surface area contributed by atoms with Crippen LogP contribution in [0.2, 0.25) is 0 Å². The summed E-state index contributed by atoms with van der Waals surface area (Å²) >= 11 is 0. The largest absolute Gasteiger partial charge is 0.393 e. The van der Waals surface area contributed by atoms with E-state index in [0.29, 0.717) is 12.0 Å². The molecule has 1 saturated carbocycles. The average Bonchev–Trinajstić information content (AvgIpc) is 2.30. The average molecular weight is 225 g/mol. The Kier molecular flexibility index (Phi) is 4.26. The van der Waals surface area contributed by atoms with Gasteiger partial charge >= 0.3 is 0 Å². The van der Waals surface area contributed by atoms with Gasteiger partial charge in [0.15, 0.2) is 0 Å². The lowest BCUT2D eigenvalue weighted by Crippen LogP contribution is -2.47. The maximum atomic E-state index is 10.2. The van der Waals surface area contributed by atoms with Crippen LogP contribution in [0.25, 0.3) is 0 Å². The lowest BCUT2D eigenvalue weighted by atomic mass is 9.71. The van der Waals surface area contributed by atoms with Crippen molar-refractivity contribution >= 4 is 0 Å². The Bertz CT molecular complexity index is 211. The van der Waals surface area contributed by atoms with E-state index in [1.165, 1.54) is 32.1 Å². The molecule has 0 amide bonds. The molecule has 2 aliphatic rings. The van der Waals surface area contributed by atoms with Gasteiger partial charge in [-0.2, -0.15) is 0 Å². The predicted octanol–water partition coefficient (Wildman–Crippen LogP) is 2.56. The first-order valence-corrected chi connectivity index (χ1v) is 7.10. The maximum absolute atomic E-state index is 10.2. The Hall–Kier alpha value is -0.0800. The summed E-state index contributed by atoms with van der Waals surface area (Å²) in [4.78, 5) is 0. The third-order valence-electron chi connectivity index (χ3n) is 4.71. The Morgan fingerprint density at radius 2 is 1.94 bits per heavy atom. The minimum absolute atomic E-state index is 0.0504. The summed E-state index contributed by atoms with van der Waals surface area (Å²) in [6, 6.07) is 0.588. The van der Waals surface area contributed by atoms with Crippen LogP contribution in [0.5, 0.6) is 0 Å². The van der Waals surface area contributed by atoms with Crippen LogP contribution in [0.4, 0.5) is 0 Å². The molecule has 4 unspecified atom stereocenters. The smallest absolute Gasteiger partial charge is 0.0583 e. The Balaban J connectivity index is 1.94. The van der Waals surface area contributed by atoms with Gasteiger partial charge in [0.05, 0.1) is 6.10 Å². The minimum atomic E-state index is -0.0504. The summed E-state index contributed by atoms with van der Waals surface area (Å²) in [6.45, 7) is 5.81. The summed E-state index contributed by atoms with van der Waals surface area (Å²) in [5, 5.41) is 13.8. The molecule has 2 N–H and O–H groups in total. The Morgan fingerprint density at radius 1 is 1.12 bits per heavy atom. The molecule has 1 aliphatic carbocycles. The molecule has 0 radical (unpaired) electrons. The van der Waals surface area contributed by atoms with Crippen LogP contribution in [0.3, 0.4) is 0 Å². The summed E-state index contributed by atoms with van der Waals surface area (Å²) in [5.41, 5.74) is 0. The maximum Gasteiger partial charge on any atom is 0.0583 e. The summed E-state index contributed by atoms with van der Waals surface area (Å²) in [6.07, 6.45) is 7.35. The van der Waals surface area contributed by atoms with Crippen LogP contribution >= 0.6 is 0 Å². The second-order valence-electron chi connectivity index (χ2n) is 6.10. The van der Waals surface area contributed by atoms with Gasteiger partial charge in [0.1, 0.15) is 0 Å². The van der Waals surface area contributed by atoms with Gasteiger partial charge in [-0.25, -0.2) is 0 Å². The first-order chi connectivity index (χ1) is 7.68. The molecule has 0 aromatic carbocycles. The van der Waals surface area contributed by atoms with E-state index in [0.717, 1.165) is 24.8 Å². The van der Waals surface area contributed by atoms with E-state index in [9.17, 15) is 5.11 Å². The zero-order chi connectivity index (χ0) is 11.5. The van der Waals surface area contributed by atoms with Crippen molar-refractivity contribution in [1.29, 1.82) is 0 Å². The molecule has 2 rings (SSSR count). The van der Waals surface area contributed by atoms with Gasteiger partial charge in [0, 0.05) is 12.0 Å². The van der Waals surface area contributed by atoms with Crippen molar-refractivity contribution in [3.05, 3.63) is 0 Å². The molecule has 0 bridgehead atoms. The topological polar surface area (TPSA) is 32.3 Å². The molecule has 16 heavy (non-hydrogen) atoms. The van der Waals surface area contributed by atoms with Crippen LogP contribution < -0.4 is 5.32 Å². The van der Waals surface area contributed by atoms with Gasteiger partial charge in [-0.15, -0.1) is 0 Å². The lowest BCUT2D eigenvalue weighted by molar-refractivity contribution is 0.0135. The molecule has 2 nitrogen and oxygen atoms in total. The third kappa shape index (κ3) is 2.78. The molecule has 0 spiro atoms. The standard InChI is InChI=1S/C14H27NO/c1-10(2)11-6-7-14(16)12(9-11)13-5-3-4-8-15-13/h10-16H,3-9H2,1-2H3. The highest BCUT2D eigenvalue weighted by Crippen LogP contribution is 2.37. The number of rotatable bonds is 2. The van der Waals surface area contributed by atoms with Gasteiger partial charge in [-0.1, -0.05) is 20.3 Å². The number of hydrogen-bond donors (Lipinski definition) is 2. The van der Waals surface area contributed by atoms with Crippen molar-refractivity contribution in [3.8, 4) is 0 Å². The van der Waals surface area contributed by atoms with Gasteiger partial charge in [0.25, 0.3) is 0 Å². The van der Waals surface area contributed by atoms with Crippen molar-refractivity contribution in [2.75, 3.05) is 6.54 Å². The second-order valence-corrected chi connectivity index (χ2v) is 6.10. The normalized spacial score (nSPS) is 41.2. The monoisotopic (exact) mass is 225 g/mol. The fourth-order valence-electron chi connectivity index (χ4n) is 3.51. The quantitative estimate of drug-likeness (QED) is 0.757. The van der Waals surface area contributed by atoms with Crippen molar-refractivity contribution in [1.82, 2.24) is 5.32 Å². The number of aliphatic hydroxyl groups excluding tert-OH is 1. The van der Waals surface area contributed by atoms with E-state index in [1.807, 2.05) is 0 Å². The minimum Gasteiger partial charge on any atom is -0.393 e. The first kappa shape index (κ1) is 12.4. The molecule has 0 aromatic heterocycles. The van der Waals surface area contributed by atoms with Gasteiger partial charge in [-0.3, -0.25) is 0 Å². The fraction of sp³-hybridized carbons (Fsp3) is 1.00. The lowest BCUT2D eigenvalue weighted by Gasteiger charge is -2.41. The summed E-state index contributed by atoms with van der Waals surface area (Å²) in [7, 11) is 0. The van der Waals surface area contributed by atoms with E-state index in [2.05, 4.69) is 19.2 Å². The van der Waals surface area contributed by atoms with Gasteiger partial charge in [-0.05, 0) is 50.5 Å². The zero-order valence-corrected chi connectivity index (χ0v) is 10.8. The fourth-order valence-corrected chi connectivity index (χ4v) is 3.51. The molecule has 1 saturated heterocycles. The number of hydrogen-bond acceptors (Lipinski definition) is 2. The Labute approximate surface area is 99.8 Å². The van der Waals surface area contributed by atoms with Crippen LogP contribution in [-0.4, -0.2) is 23.8 Å². The van der Waals surface area contributed by atoms with Gasteiger partial charge < -0.3 is 10.4 Å². The molecule has 1 heterocycles. The molecule has 2 fully saturated rings. The van der Waals surface area contributed by atoms with Crippen LogP contribution in [0.1, 0.15) is 52.4 Å². The van der Waals surface area contributed by atoms with E-state index in [-0.39, 0.29) is 6.10 Å². The van der Waals surface area contributed by atoms with E-state index in [1.54, 1.807) is 0 Å². The zero-order valence-electron chi connectivity index (χ0n) is 10.8. The number of aliphatic hydroxyl groups is 1. The molecular formula is C14H27NO. The van der Waals surface area contributed by atoms with E-state index in [4.69, 9.17) is 0 Å². The van der Waals surface area contributed by atoms with Crippen LogP contribution in [-0.2, 0) is 0 Å². The van der Waals surface area contributed by atoms with Crippen LogP contribution in [0.15, 0.2) is 0 Å². The third-order valence-corrected chi connectivity index (χ3v) is 4.71. The number of piperidine rings is 1. The molecule has 2 heteroatoms. The summed E-state index contributed by atoms with van der Waals surface area (Å²) < 4.78 is 0. The molecular weight excluding hydrogens is 198 g/mol. The SMILES string of the molecule is CC(C)C1CCC(O)C(C2CCCCN2)C1. The highest BCUT2D eigenvalue weighted by molar-refractivity contribution is 4.90. The van der Waals surface area contributed by atoms with Crippen molar-refractivity contribution < 1.29 is 5.11 Å². The molecule has 4 atom stereocenters. The molecule has 0 aromatic rings. The second kappa shape index (κ2) is 5.50. The first-order valence-electron chi connectivity index (χ1n) is 7.10. The predicted molar refractivity (Wildman–Crippen MR) is 67.3 cm³/mol. The van der Waals surface area contributed by atoms with Crippen molar-refractivity contribution in [2.45, 2.75) is 64.5 Å². The van der Waals surface area contributed by atoms with Gasteiger partial charge in [0.2, 0.25) is 0 Å². The Morgan fingerprint density at radius 3 is 2.56 bits per heavy atom. The highest BCUT2D eigenvalue weighted by atomic mass is 16.3. The molecule has 94 valence electrons. The van der Waals surface area contributed by atoms with Crippen molar-refractivity contribution in [3.63, 3.8) is 0 Å².